The summed E-state index contributed by atoms with van der Waals surface area (Å²) in [6.07, 6.45) is -2.52. The zero-order valence-corrected chi connectivity index (χ0v) is 12.1. The average molecular weight is 322 g/mol. The minimum absolute atomic E-state index is 0.0172. The van der Waals surface area contributed by atoms with Crippen molar-refractivity contribution in [2.75, 3.05) is 11.9 Å². The van der Waals surface area contributed by atoms with Gasteiger partial charge in [-0.05, 0) is 30.3 Å². The monoisotopic (exact) mass is 322 g/mol. The molecule has 0 saturated heterocycles. The third-order valence-corrected chi connectivity index (χ3v) is 3.06. The van der Waals surface area contributed by atoms with Crippen molar-refractivity contribution in [3.05, 3.63) is 59.8 Å². The quantitative estimate of drug-likeness (QED) is 0.866. The molecule has 1 heterocycles. The molecule has 0 radical (unpaired) electrons. The third kappa shape index (κ3) is 4.09. The number of alkyl halides is 3. The number of carbonyl (C=O) groups is 1. The highest BCUT2D eigenvalue weighted by molar-refractivity contribution is 5.87. The SMILES string of the molecule is CN(c1ccccc1)c1nc(C(F)(F)F)ccc1C=CC(=O)O. The number of aromatic nitrogens is 1. The number of carboxylic acid groups (broad SMARTS) is 1. The first-order valence-electron chi connectivity index (χ1n) is 6.57. The molecular weight excluding hydrogens is 309 g/mol. The van der Waals surface area contributed by atoms with Crippen molar-refractivity contribution in [2.24, 2.45) is 0 Å². The summed E-state index contributed by atoms with van der Waals surface area (Å²) in [5.74, 6) is -1.18. The molecular formula is C16H13F3N2O2. The molecule has 0 aliphatic carbocycles. The number of hydrogen-bond donors (Lipinski definition) is 1. The second-order valence-electron chi connectivity index (χ2n) is 4.67. The van der Waals surface area contributed by atoms with E-state index in [4.69, 9.17) is 5.11 Å². The van der Waals surface area contributed by atoms with Gasteiger partial charge in [-0.3, -0.25) is 0 Å². The summed E-state index contributed by atoms with van der Waals surface area (Å²) in [4.78, 5) is 15.8. The summed E-state index contributed by atoms with van der Waals surface area (Å²) in [6.45, 7) is 0. The lowest BCUT2D eigenvalue weighted by molar-refractivity contribution is -0.141. The Kier molecular flexibility index (Phi) is 4.68. The zero-order chi connectivity index (χ0) is 17.0. The van der Waals surface area contributed by atoms with Gasteiger partial charge >= 0.3 is 12.1 Å². The summed E-state index contributed by atoms with van der Waals surface area (Å²) in [5.41, 5.74) is -0.140. The number of nitrogens with zero attached hydrogens (tertiary/aromatic N) is 2. The van der Waals surface area contributed by atoms with Crippen LogP contribution in [-0.2, 0) is 11.0 Å². The minimum atomic E-state index is -4.58. The Morgan fingerprint density at radius 1 is 1.17 bits per heavy atom. The van der Waals surface area contributed by atoms with Crippen molar-refractivity contribution in [1.82, 2.24) is 4.98 Å². The molecule has 2 rings (SSSR count). The Morgan fingerprint density at radius 2 is 1.83 bits per heavy atom. The summed E-state index contributed by atoms with van der Waals surface area (Å²) in [5, 5.41) is 8.70. The van der Waals surface area contributed by atoms with Crippen molar-refractivity contribution in [3.63, 3.8) is 0 Å². The zero-order valence-electron chi connectivity index (χ0n) is 12.1. The summed E-state index contributed by atoms with van der Waals surface area (Å²) in [7, 11) is 1.57. The lowest BCUT2D eigenvalue weighted by atomic mass is 10.2. The predicted octanol–water partition coefficient (Wildman–Crippen LogP) is 3.97. The molecule has 0 aliphatic heterocycles. The Morgan fingerprint density at radius 3 is 2.39 bits per heavy atom. The molecule has 0 spiro atoms. The van der Waals surface area contributed by atoms with Crippen LogP contribution in [0.5, 0.6) is 0 Å². The number of anilines is 2. The highest BCUT2D eigenvalue weighted by Gasteiger charge is 2.33. The van der Waals surface area contributed by atoms with Crippen LogP contribution >= 0.6 is 0 Å². The molecule has 0 bridgehead atoms. The first-order valence-corrected chi connectivity index (χ1v) is 6.57. The molecule has 1 aromatic heterocycles. The van der Waals surface area contributed by atoms with E-state index in [0.29, 0.717) is 5.69 Å². The molecule has 0 atom stereocenters. The van der Waals surface area contributed by atoms with Crippen LogP contribution in [0.15, 0.2) is 48.5 Å². The van der Waals surface area contributed by atoms with Gasteiger partial charge in [0.1, 0.15) is 11.5 Å². The van der Waals surface area contributed by atoms with Crippen LogP contribution in [0.1, 0.15) is 11.3 Å². The fraction of sp³-hybridized carbons (Fsp3) is 0.125. The van der Waals surface area contributed by atoms with E-state index in [1.165, 1.54) is 17.0 Å². The van der Waals surface area contributed by atoms with Gasteiger partial charge in [0.2, 0.25) is 0 Å². The van der Waals surface area contributed by atoms with Crippen molar-refractivity contribution in [3.8, 4) is 0 Å². The number of para-hydroxylation sites is 1. The molecule has 7 heteroatoms. The van der Waals surface area contributed by atoms with Crippen LogP contribution in [0.25, 0.3) is 6.08 Å². The largest absolute Gasteiger partial charge is 0.478 e. The van der Waals surface area contributed by atoms with Gasteiger partial charge in [0, 0.05) is 24.4 Å². The fourth-order valence-corrected chi connectivity index (χ4v) is 1.95. The number of rotatable bonds is 4. The number of carboxylic acids is 1. The van der Waals surface area contributed by atoms with Gasteiger partial charge in [-0.25, -0.2) is 9.78 Å². The Hall–Kier alpha value is -2.83. The standard InChI is InChI=1S/C16H13F3N2O2/c1-21(12-5-3-2-4-6-12)15-11(8-10-14(22)23)7-9-13(20-15)16(17,18)19/h2-10H,1H3,(H,22,23). The second-order valence-corrected chi connectivity index (χ2v) is 4.67. The third-order valence-electron chi connectivity index (χ3n) is 3.06. The molecule has 1 aromatic carbocycles. The van der Waals surface area contributed by atoms with Crippen LogP contribution in [0.3, 0.4) is 0 Å². The number of aliphatic carboxylic acids is 1. The second kappa shape index (κ2) is 6.51. The van der Waals surface area contributed by atoms with E-state index in [1.807, 2.05) is 0 Å². The van der Waals surface area contributed by atoms with Gasteiger partial charge in [0.05, 0.1) is 0 Å². The van der Waals surface area contributed by atoms with Crippen molar-refractivity contribution in [2.45, 2.75) is 6.18 Å². The average Bonchev–Trinajstić information content (AvgIpc) is 2.52. The van der Waals surface area contributed by atoms with E-state index in [0.717, 1.165) is 12.1 Å². The van der Waals surface area contributed by atoms with Crippen LogP contribution in [0.2, 0.25) is 0 Å². The highest BCUT2D eigenvalue weighted by Crippen LogP contribution is 2.32. The maximum Gasteiger partial charge on any atom is 0.433 e. The van der Waals surface area contributed by atoms with Crippen LogP contribution in [0, 0.1) is 0 Å². The molecule has 0 fully saturated rings. The highest BCUT2D eigenvalue weighted by atomic mass is 19.4. The molecule has 120 valence electrons. The van der Waals surface area contributed by atoms with E-state index in [9.17, 15) is 18.0 Å². The van der Waals surface area contributed by atoms with Crippen LogP contribution in [-0.4, -0.2) is 23.1 Å². The lowest BCUT2D eigenvalue weighted by Crippen LogP contribution is -2.16. The number of hydrogen-bond acceptors (Lipinski definition) is 3. The first-order chi connectivity index (χ1) is 10.8. The molecule has 1 N–H and O–H groups in total. The maximum atomic E-state index is 12.9. The Labute approximate surface area is 130 Å². The van der Waals surface area contributed by atoms with Crippen LogP contribution in [0.4, 0.5) is 24.7 Å². The molecule has 23 heavy (non-hydrogen) atoms. The Bertz CT molecular complexity index is 728. The molecule has 2 aromatic rings. The van der Waals surface area contributed by atoms with Gasteiger partial charge in [0.15, 0.2) is 0 Å². The van der Waals surface area contributed by atoms with Gasteiger partial charge < -0.3 is 10.0 Å². The van der Waals surface area contributed by atoms with E-state index in [2.05, 4.69) is 4.98 Å². The molecule has 4 nitrogen and oxygen atoms in total. The number of halogens is 3. The van der Waals surface area contributed by atoms with E-state index >= 15 is 0 Å². The summed E-state index contributed by atoms with van der Waals surface area (Å²) in [6, 6.07) is 10.7. The minimum Gasteiger partial charge on any atom is -0.478 e. The smallest absolute Gasteiger partial charge is 0.433 e. The van der Waals surface area contributed by atoms with Gasteiger partial charge in [-0.2, -0.15) is 13.2 Å². The maximum absolute atomic E-state index is 12.9. The van der Waals surface area contributed by atoms with E-state index < -0.39 is 17.8 Å². The van der Waals surface area contributed by atoms with Gasteiger partial charge in [0.25, 0.3) is 0 Å². The molecule has 0 unspecified atom stereocenters. The van der Waals surface area contributed by atoms with E-state index in [-0.39, 0.29) is 11.4 Å². The fourth-order valence-electron chi connectivity index (χ4n) is 1.95. The van der Waals surface area contributed by atoms with E-state index in [1.54, 1.807) is 37.4 Å². The first kappa shape index (κ1) is 16.5. The van der Waals surface area contributed by atoms with Crippen LogP contribution < -0.4 is 4.90 Å². The lowest BCUT2D eigenvalue weighted by Gasteiger charge is -2.21. The van der Waals surface area contributed by atoms with Crippen molar-refractivity contribution in [1.29, 1.82) is 0 Å². The van der Waals surface area contributed by atoms with Crippen molar-refractivity contribution < 1.29 is 23.1 Å². The normalized spacial score (nSPS) is 11.7. The number of pyridine rings is 1. The Balaban J connectivity index is 2.54. The predicted molar refractivity (Wildman–Crippen MR) is 80.4 cm³/mol. The summed E-state index contributed by atoms with van der Waals surface area (Å²) >= 11 is 0. The van der Waals surface area contributed by atoms with Gasteiger partial charge in [-0.15, -0.1) is 0 Å². The molecule has 0 saturated carbocycles. The molecule has 0 amide bonds. The number of benzene rings is 1. The molecule has 0 aliphatic rings. The topological polar surface area (TPSA) is 53.4 Å². The van der Waals surface area contributed by atoms with Crippen molar-refractivity contribution >= 4 is 23.6 Å². The summed E-state index contributed by atoms with van der Waals surface area (Å²) < 4.78 is 38.7. The van der Waals surface area contributed by atoms with Gasteiger partial charge in [-0.1, -0.05) is 18.2 Å².